The minimum absolute atomic E-state index is 0. The van der Waals surface area contributed by atoms with Gasteiger partial charge in [-0.15, -0.1) is 12.4 Å². The Hall–Kier alpha value is -0.540. The summed E-state index contributed by atoms with van der Waals surface area (Å²) in [7, 11) is -4.14. The molecule has 10 heteroatoms. The van der Waals surface area contributed by atoms with E-state index in [1.54, 1.807) is 0 Å². The SMILES string of the molecule is Cl.NCC1CCCC1NS(=O)(=O)c1cc(C(F)(F)F)ccc1Cl. The average molecular weight is 393 g/mol. The van der Waals surface area contributed by atoms with Gasteiger partial charge < -0.3 is 5.73 Å². The fourth-order valence-corrected chi connectivity index (χ4v) is 4.49. The summed E-state index contributed by atoms with van der Waals surface area (Å²) in [5.41, 5.74) is 4.53. The first-order valence-corrected chi connectivity index (χ1v) is 8.60. The van der Waals surface area contributed by atoms with Gasteiger partial charge in [0, 0.05) is 6.04 Å². The second-order valence-electron chi connectivity index (χ2n) is 5.30. The average Bonchev–Trinajstić information content (AvgIpc) is 2.84. The van der Waals surface area contributed by atoms with Crippen LogP contribution in [0.25, 0.3) is 0 Å². The highest BCUT2D eigenvalue weighted by atomic mass is 35.5. The lowest BCUT2D eigenvalue weighted by Crippen LogP contribution is -2.39. The number of hydrogen-bond acceptors (Lipinski definition) is 3. The van der Waals surface area contributed by atoms with E-state index in [1.165, 1.54) is 0 Å². The van der Waals surface area contributed by atoms with Crippen molar-refractivity contribution in [3.63, 3.8) is 0 Å². The minimum atomic E-state index is -4.64. The van der Waals surface area contributed by atoms with E-state index >= 15 is 0 Å². The third-order valence-electron chi connectivity index (χ3n) is 3.82. The molecule has 0 heterocycles. The van der Waals surface area contributed by atoms with Crippen LogP contribution in [0.1, 0.15) is 24.8 Å². The Morgan fingerprint density at radius 3 is 2.52 bits per heavy atom. The van der Waals surface area contributed by atoms with E-state index in [0.29, 0.717) is 19.0 Å². The van der Waals surface area contributed by atoms with Gasteiger partial charge in [0.1, 0.15) is 4.90 Å². The number of benzene rings is 1. The van der Waals surface area contributed by atoms with Gasteiger partial charge in [0.15, 0.2) is 0 Å². The molecule has 0 bridgehead atoms. The van der Waals surface area contributed by atoms with Gasteiger partial charge in [-0.3, -0.25) is 0 Å². The summed E-state index contributed by atoms with van der Waals surface area (Å²) >= 11 is 5.78. The number of nitrogens with two attached hydrogens (primary N) is 1. The van der Waals surface area contributed by atoms with Crippen LogP contribution in [0.4, 0.5) is 13.2 Å². The molecule has 1 aliphatic rings. The van der Waals surface area contributed by atoms with Crippen molar-refractivity contribution in [3.8, 4) is 0 Å². The lowest BCUT2D eigenvalue weighted by Gasteiger charge is -2.20. The lowest BCUT2D eigenvalue weighted by atomic mass is 10.1. The van der Waals surface area contributed by atoms with E-state index in [9.17, 15) is 21.6 Å². The van der Waals surface area contributed by atoms with Crippen LogP contribution < -0.4 is 10.5 Å². The van der Waals surface area contributed by atoms with Crippen molar-refractivity contribution in [1.82, 2.24) is 4.72 Å². The Kier molecular flexibility index (Phi) is 6.74. The number of rotatable bonds is 4. The van der Waals surface area contributed by atoms with E-state index in [-0.39, 0.29) is 29.4 Å². The molecule has 0 saturated heterocycles. The maximum atomic E-state index is 12.7. The fourth-order valence-electron chi connectivity index (χ4n) is 2.62. The first kappa shape index (κ1) is 20.5. The molecule has 0 radical (unpaired) electrons. The third kappa shape index (κ3) is 4.73. The first-order chi connectivity index (χ1) is 10.1. The smallest absolute Gasteiger partial charge is 0.330 e. The molecule has 1 saturated carbocycles. The zero-order valence-corrected chi connectivity index (χ0v) is 14.3. The standard InChI is InChI=1S/C13H16ClF3N2O2S.ClH/c14-10-5-4-9(13(15,16)17)6-12(10)22(20,21)19-11-3-1-2-8(11)7-18;/h4-6,8,11,19H,1-3,7,18H2;1H. The molecule has 2 rings (SSSR count). The lowest BCUT2D eigenvalue weighted by molar-refractivity contribution is -0.137. The van der Waals surface area contributed by atoms with Gasteiger partial charge >= 0.3 is 6.18 Å². The molecule has 1 aliphatic carbocycles. The summed E-state index contributed by atoms with van der Waals surface area (Å²) < 4.78 is 65.3. The number of halogens is 5. The van der Waals surface area contributed by atoms with Gasteiger partial charge in [-0.25, -0.2) is 13.1 Å². The van der Waals surface area contributed by atoms with Crippen LogP contribution in [0.5, 0.6) is 0 Å². The molecule has 23 heavy (non-hydrogen) atoms. The van der Waals surface area contributed by atoms with Gasteiger partial charge in [0.05, 0.1) is 10.6 Å². The van der Waals surface area contributed by atoms with Crippen molar-refractivity contribution in [2.45, 2.75) is 36.4 Å². The second-order valence-corrected chi connectivity index (χ2v) is 7.39. The third-order valence-corrected chi connectivity index (χ3v) is 5.79. The topological polar surface area (TPSA) is 72.2 Å². The van der Waals surface area contributed by atoms with Crippen LogP contribution in [0.2, 0.25) is 5.02 Å². The molecule has 0 aliphatic heterocycles. The number of hydrogen-bond donors (Lipinski definition) is 2. The molecule has 1 aromatic carbocycles. The molecule has 3 N–H and O–H groups in total. The Bertz CT molecular complexity index is 653. The number of sulfonamides is 1. The molecule has 0 amide bonds. The summed E-state index contributed by atoms with van der Waals surface area (Å²) in [4.78, 5) is -0.563. The minimum Gasteiger partial charge on any atom is -0.330 e. The predicted octanol–water partition coefficient (Wildman–Crippen LogP) is 3.19. The van der Waals surface area contributed by atoms with Gasteiger partial charge in [0.2, 0.25) is 10.0 Å². The molecular formula is C13H17Cl2F3N2O2S. The Morgan fingerprint density at radius 1 is 1.30 bits per heavy atom. The van der Waals surface area contributed by atoms with Crippen LogP contribution in [-0.2, 0) is 16.2 Å². The largest absolute Gasteiger partial charge is 0.416 e. The summed E-state index contributed by atoms with van der Waals surface area (Å²) in [6.07, 6.45) is -2.41. The summed E-state index contributed by atoms with van der Waals surface area (Å²) in [5.74, 6) is -0.0145. The summed E-state index contributed by atoms with van der Waals surface area (Å²) in [6, 6.07) is 1.87. The van der Waals surface area contributed by atoms with Gasteiger partial charge in [0.25, 0.3) is 0 Å². The van der Waals surface area contributed by atoms with Crippen molar-refractivity contribution < 1.29 is 21.6 Å². The van der Waals surface area contributed by atoms with Crippen molar-refractivity contribution in [2.75, 3.05) is 6.54 Å². The van der Waals surface area contributed by atoms with E-state index < -0.39 is 26.7 Å². The van der Waals surface area contributed by atoms with E-state index in [2.05, 4.69) is 4.72 Å². The van der Waals surface area contributed by atoms with Crippen LogP contribution in [0.15, 0.2) is 23.1 Å². The highest BCUT2D eigenvalue weighted by Gasteiger charge is 2.35. The molecule has 0 aromatic heterocycles. The Balaban J connectivity index is 0.00000264. The highest BCUT2D eigenvalue weighted by molar-refractivity contribution is 7.89. The normalized spacial score (nSPS) is 22.0. The monoisotopic (exact) mass is 392 g/mol. The fraction of sp³-hybridized carbons (Fsp3) is 0.538. The Morgan fingerprint density at radius 2 is 1.96 bits per heavy atom. The molecular weight excluding hydrogens is 376 g/mol. The quantitative estimate of drug-likeness (QED) is 0.826. The van der Waals surface area contributed by atoms with Crippen LogP contribution in [0.3, 0.4) is 0 Å². The maximum Gasteiger partial charge on any atom is 0.416 e. The molecule has 1 aromatic rings. The molecule has 2 atom stereocenters. The van der Waals surface area contributed by atoms with Gasteiger partial charge in [-0.05, 0) is 43.5 Å². The summed E-state index contributed by atoms with van der Waals surface area (Å²) in [6.45, 7) is 0.323. The summed E-state index contributed by atoms with van der Waals surface area (Å²) in [5, 5.41) is -0.247. The molecule has 2 unspecified atom stereocenters. The van der Waals surface area contributed by atoms with E-state index in [0.717, 1.165) is 25.0 Å². The number of nitrogens with one attached hydrogen (secondary N) is 1. The molecule has 1 fully saturated rings. The van der Waals surface area contributed by atoms with Crippen molar-refractivity contribution in [3.05, 3.63) is 28.8 Å². The van der Waals surface area contributed by atoms with Gasteiger partial charge in [-0.1, -0.05) is 18.0 Å². The zero-order valence-electron chi connectivity index (χ0n) is 11.9. The predicted molar refractivity (Wildman–Crippen MR) is 84.2 cm³/mol. The van der Waals surface area contributed by atoms with Gasteiger partial charge in [-0.2, -0.15) is 13.2 Å². The van der Waals surface area contributed by atoms with E-state index in [1.807, 2.05) is 0 Å². The van der Waals surface area contributed by atoms with Crippen molar-refractivity contribution in [1.29, 1.82) is 0 Å². The van der Waals surface area contributed by atoms with Crippen LogP contribution >= 0.6 is 24.0 Å². The highest BCUT2D eigenvalue weighted by Crippen LogP contribution is 2.34. The molecule has 4 nitrogen and oxygen atoms in total. The number of alkyl halides is 3. The van der Waals surface area contributed by atoms with Crippen molar-refractivity contribution in [2.24, 2.45) is 11.7 Å². The van der Waals surface area contributed by atoms with Crippen molar-refractivity contribution >= 4 is 34.0 Å². The maximum absolute atomic E-state index is 12.7. The van der Waals surface area contributed by atoms with Crippen LogP contribution in [0, 0.1) is 5.92 Å². The molecule has 132 valence electrons. The first-order valence-electron chi connectivity index (χ1n) is 6.74. The van der Waals surface area contributed by atoms with Crippen LogP contribution in [-0.4, -0.2) is 21.0 Å². The molecule has 0 spiro atoms. The second kappa shape index (κ2) is 7.57. The van der Waals surface area contributed by atoms with E-state index in [4.69, 9.17) is 17.3 Å². The Labute approximate surface area is 144 Å². The zero-order chi connectivity index (χ0) is 16.5.